The zero-order valence-corrected chi connectivity index (χ0v) is 22.7. The Labute approximate surface area is 241 Å². The number of hydrogen-bond acceptors (Lipinski definition) is 3. The Balaban J connectivity index is 1.40. The first-order valence-electron chi connectivity index (χ1n) is 13.9. The van der Waals surface area contributed by atoms with E-state index in [0.29, 0.717) is 18.6 Å². The molecule has 200 valence electrons. The maximum Gasteiger partial charge on any atom is 0.184 e. The molecule has 0 aromatic heterocycles. The summed E-state index contributed by atoms with van der Waals surface area (Å²) in [6.45, 7) is 0.481. The quantitative estimate of drug-likeness (QED) is 0.155. The van der Waals surface area contributed by atoms with Crippen LogP contribution in [0, 0.1) is 17.3 Å². The van der Waals surface area contributed by atoms with Crippen LogP contribution in [0.5, 0.6) is 5.75 Å². The van der Waals surface area contributed by atoms with Crippen molar-refractivity contribution in [3.63, 3.8) is 0 Å². The van der Waals surface area contributed by atoms with Gasteiger partial charge in [-0.15, -0.1) is 0 Å². The molecule has 3 nitrogen and oxygen atoms in total. The normalized spacial score (nSPS) is 19.6. The largest absolute Gasteiger partial charge is 0.489 e. The van der Waals surface area contributed by atoms with E-state index in [1.54, 1.807) is 0 Å². The van der Waals surface area contributed by atoms with E-state index in [1.807, 2.05) is 133 Å². The van der Waals surface area contributed by atoms with Crippen LogP contribution >= 0.6 is 0 Å². The molecule has 0 radical (unpaired) electrons. The predicted octanol–water partition coefficient (Wildman–Crippen LogP) is 8.39. The van der Waals surface area contributed by atoms with Gasteiger partial charge in [0.25, 0.3) is 0 Å². The minimum atomic E-state index is -1.09. The third-order valence-electron chi connectivity index (χ3n) is 7.50. The van der Waals surface area contributed by atoms with Crippen molar-refractivity contribution in [1.29, 1.82) is 0 Å². The Morgan fingerprint density at radius 2 is 1.29 bits per heavy atom. The van der Waals surface area contributed by atoms with Crippen molar-refractivity contribution in [3.05, 3.63) is 173 Å². The minimum absolute atomic E-state index is 0.0330. The lowest BCUT2D eigenvalue weighted by molar-refractivity contribution is 0.0223. The topological polar surface area (TPSA) is 35.5 Å². The Morgan fingerprint density at radius 3 is 1.95 bits per heavy atom. The van der Waals surface area contributed by atoms with E-state index in [0.717, 1.165) is 28.0 Å². The summed E-state index contributed by atoms with van der Waals surface area (Å²) in [6, 6.07) is 47.3. The highest BCUT2D eigenvalue weighted by molar-refractivity contribution is 6.03. The minimum Gasteiger partial charge on any atom is -0.489 e. The third-order valence-corrected chi connectivity index (χ3v) is 7.50. The first-order valence-corrected chi connectivity index (χ1v) is 13.9. The van der Waals surface area contributed by atoms with Crippen molar-refractivity contribution in [2.45, 2.75) is 25.2 Å². The highest BCUT2D eigenvalue weighted by Crippen LogP contribution is 2.55. The van der Waals surface area contributed by atoms with Crippen molar-refractivity contribution < 1.29 is 14.3 Å². The van der Waals surface area contributed by atoms with Crippen LogP contribution < -0.4 is 4.74 Å². The zero-order chi connectivity index (χ0) is 27.9. The monoisotopic (exact) mass is 534 g/mol. The summed E-state index contributed by atoms with van der Waals surface area (Å²) in [5.41, 5.74) is 3.42. The van der Waals surface area contributed by atoms with Gasteiger partial charge in [-0.3, -0.25) is 4.79 Å². The highest BCUT2D eigenvalue weighted by atomic mass is 16.5. The molecule has 6 rings (SSSR count). The number of benzene rings is 5. The van der Waals surface area contributed by atoms with Crippen LogP contribution in [0.2, 0.25) is 0 Å². The molecule has 0 unspecified atom stereocenters. The molecule has 5 aromatic rings. The molecular weight excluding hydrogens is 504 g/mol. The van der Waals surface area contributed by atoms with Crippen molar-refractivity contribution in [2.75, 3.05) is 0 Å². The van der Waals surface area contributed by atoms with E-state index in [1.165, 1.54) is 0 Å². The number of rotatable bonds is 7. The maximum absolute atomic E-state index is 14.5. The van der Waals surface area contributed by atoms with Gasteiger partial charge in [0, 0.05) is 17.5 Å². The molecule has 3 heteroatoms. The van der Waals surface area contributed by atoms with Crippen LogP contribution in [-0.2, 0) is 11.3 Å². The van der Waals surface area contributed by atoms with Crippen LogP contribution in [0.15, 0.2) is 146 Å². The molecule has 1 saturated heterocycles. The Bertz CT molecular complexity index is 1640. The van der Waals surface area contributed by atoms with Gasteiger partial charge in [-0.1, -0.05) is 133 Å². The maximum atomic E-state index is 14.5. The second kappa shape index (κ2) is 12.1. The number of hydrogen-bond donors (Lipinski definition) is 0. The zero-order valence-electron chi connectivity index (χ0n) is 22.7. The second-order valence-electron chi connectivity index (χ2n) is 10.2. The summed E-state index contributed by atoms with van der Waals surface area (Å²) in [5, 5.41) is 0. The standard InChI is InChI=1S/C38H30O3/c39-36(32-19-11-4-12-20-32)38(26-25-29-13-5-1-6-14-29)27-35(31-17-9-3-10-18-31)41-37(38)33-21-23-34(24-22-33)40-28-30-15-7-2-8-16-30/h1-24,35,37H,27-28H2/t35-,37+,38+/m1/s1. The summed E-state index contributed by atoms with van der Waals surface area (Å²) >= 11 is 0. The van der Waals surface area contributed by atoms with Crippen LogP contribution in [-0.4, -0.2) is 5.78 Å². The first-order chi connectivity index (χ1) is 20.2. The van der Waals surface area contributed by atoms with Gasteiger partial charge in [-0.2, -0.15) is 0 Å². The molecule has 0 amide bonds. The van der Waals surface area contributed by atoms with Gasteiger partial charge in [0.2, 0.25) is 0 Å². The third kappa shape index (κ3) is 5.84. The van der Waals surface area contributed by atoms with E-state index in [4.69, 9.17) is 9.47 Å². The lowest BCUT2D eigenvalue weighted by atomic mass is 9.71. The van der Waals surface area contributed by atoms with Crippen molar-refractivity contribution in [1.82, 2.24) is 0 Å². The van der Waals surface area contributed by atoms with Gasteiger partial charge in [-0.05, 0) is 41.0 Å². The number of ether oxygens (including phenoxy) is 2. The van der Waals surface area contributed by atoms with E-state index in [9.17, 15) is 4.79 Å². The van der Waals surface area contributed by atoms with Crippen LogP contribution in [0.3, 0.4) is 0 Å². The van der Waals surface area contributed by atoms with Crippen molar-refractivity contribution in [3.8, 4) is 17.6 Å². The lowest BCUT2D eigenvalue weighted by Gasteiger charge is -2.28. The van der Waals surface area contributed by atoms with Gasteiger partial charge < -0.3 is 9.47 Å². The van der Waals surface area contributed by atoms with E-state index in [2.05, 4.69) is 24.0 Å². The Morgan fingerprint density at radius 1 is 0.707 bits per heavy atom. The second-order valence-corrected chi connectivity index (χ2v) is 10.2. The average Bonchev–Trinajstić information content (AvgIpc) is 3.45. The van der Waals surface area contributed by atoms with Crippen molar-refractivity contribution in [2.24, 2.45) is 5.41 Å². The Kier molecular flexibility index (Phi) is 7.76. The molecule has 5 aromatic carbocycles. The molecule has 0 saturated carbocycles. The molecule has 3 atom stereocenters. The van der Waals surface area contributed by atoms with Gasteiger partial charge in [0.1, 0.15) is 23.9 Å². The lowest BCUT2D eigenvalue weighted by Crippen LogP contribution is -2.33. The van der Waals surface area contributed by atoms with E-state index in [-0.39, 0.29) is 11.9 Å². The van der Waals surface area contributed by atoms with Gasteiger partial charge in [0.05, 0.1) is 6.10 Å². The highest BCUT2D eigenvalue weighted by Gasteiger charge is 2.54. The summed E-state index contributed by atoms with van der Waals surface area (Å²) in [4.78, 5) is 14.5. The first kappa shape index (κ1) is 26.3. The summed E-state index contributed by atoms with van der Waals surface area (Å²) in [5.74, 6) is 7.51. The number of carbonyl (C=O) groups excluding carboxylic acids is 1. The SMILES string of the molecule is O=C(c1ccccc1)[C@]1(C#Cc2ccccc2)C[C@H](c2ccccc2)O[C@H]1c1ccc(OCc2ccccc2)cc1. The Hall–Kier alpha value is -4.91. The summed E-state index contributed by atoms with van der Waals surface area (Å²) in [6.07, 6.45) is -0.408. The number of carbonyl (C=O) groups is 1. The fourth-order valence-electron chi connectivity index (χ4n) is 5.37. The molecule has 41 heavy (non-hydrogen) atoms. The van der Waals surface area contributed by atoms with Crippen molar-refractivity contribution >= 4 is 5.78 Å². The smallest absolute Gasteiger partial charge is 0.184 e. The van der Waals surface area contributed by atoms with Crippen LogP contribution in [0.1, 0.15) is 51.2 Å². The summed E-state index contributed by atoms with van der Waals surface area (Å²) < 4.78 is 12.8. The average molecular weight is 535 g/mol. The van der Waals surface area contributed by atoms with Gasteiger partial charge >= 0.3 is 0 Å². The molecule has 1 aliphatic rings. The van der Waals surface area contributed by atoms with Crippen LogP contribution in [0.4, 0.5) is 0 Å². The molecule has 0 spiro atoms. The molecule has 0 bridgehead atoms. The van der Waals surface area contributed by atoms with E-state index < -0.39 is 11.5 Å². The molecule has 0 aliphatic carbocycles. The molecule has 1 fully saturated rings. The van der Waals surface area contributed by atoms with E-state index >= 15 is 0 Å². The number of ketones is 1. The fraction of sp³-hybridized carbons (Fsp3) is 0.132. The molecule has 0 N–H and O–H groups in total. The van der Waals surface area contributed by atoms with Gasteiger partial charge in [0.15, 0.2) is 5.78 Å². The summed E-state index contributed by atoms with van der Waals surface area (Å²) in [7, 11) is 0. The predicted molar refractivity (Wildman–Crippen MR) is 161 cm³/mol. The van der Waals surface area contributed by atoms with Gasteiger partial charge in [-0.25, -0.2) is 0 Å². The molecule has 1 heterocycles. The molecule has 1 aliphatic heterocycles. The van der Waals surface area contributed by atoms with Crippen LogP contribution in [0.25, 0.3) is 0 Å². The fourth-order valence-corrected chi connectivity index (χ4v) is 5.37. The molecular formula is C38H30O3. The number of Topliss-reactive ketones (excluding diaryl/α,β-unsaturated/α-hetero) is 1.